The SMILES string of the molecule is Cc1cc(CO)cc(S(=O)(=O)NCc2cn[nH]c2C)c1Br. The van der Waals surface area contributed by atoms with Gasteiger partial charge in [-0.2, -0.15) is 5.10 Å². The maximum atomic E-state index is 12.4. The molecule has 0 bridgehead atoms. The van der Waals surface area contributed by atoms with Crippen LogP contribution < -0.4 is 4.72 Å². The van der Waals surface area contributed by atoms with Crippen molar-refractivity contribution in [1.82, 2.24) is 14.9 Å². The highest BCUT2D eigenvalue weighted by atomic mass is 79.9. The highest BCUT2D eigenvalue weighted by Gasteiger charge is 2.20. The number of aliphatic hydroxyl groups is 1. The van der Waals surface area contributed by atoms with Gasteiger partial charge in [-0.15, -0.1) is 0 Å². The van der Waals surface area contributed by atoms with E-state index in [1.54, 1.807) is 19.2 Å². The van der Waals surface area contributed by atoms with E-state index in [0.29, 0.717) is 10.0 Å². The number of hydrogen-bond donors (Lipinski definition) is 3. The van der Waals surface area contributed by atoms with Gasteiger partial charge in [-0.3, -0.25) is 5.10 Å². The Hall–Kier alpha value is -1.22. The van der Waals surface area contributed by atoms with Gasteiger partial charge in [-0.25, -0.2) is 13.1 Å². The number of nitrogens with zero attached hydrogens (tertiary/aromatic N) is 1. The van der Waals surface area contributed by atoms with E-state index in [1.165, 1.54) is 6.07 Å². The number of H-pyrrole nitrogens is 1. The number of benzene rings is 1. The summed E-state index contributed by atoms with van der Waals surface area (Å²) in [6.07, 6.45) is 1.59. The van der Waals surface area contributed by atoms with Crippen LogP contribution in [0.1, 0.15) is 22.4 Å². The van der Waals surface area contributed by atoms with Gasteiger partial charge >= 0.3 is 0 Å². The third-order valence-corrected chi connectivity index (χ3v) is 5.88. The van der Waals surface area contributed by atoms with Gasteiger partial charge in [0.25, 0.3) is 0 Å². The molecule has 0 atom stereocenters. The van der Waals surface area contributed by atoms with Crippen LogP contribution in [-0.4, -0.2) is 23.7 Å². The summed E-state index contributed by atoms with van der Waals surface area (Å²) in [5.74, 6) is 0. The van der Waals surface area contributed by atoms with Gasteiger partial charge < -0.3 is 5.11 Å². The first-order valence-electron chi connectivity index (χ1n) is 6.23. The van der Waals surface area contributed by atoms with Crippen molar-refractivity contribution in [3.05, 3.63) is 45.2 Å². The van der Waals surface area contributed by atoms with Crippen molar-refractivity contribution in [2.45, 2.75) is 31.9 Å². The maximum Gasteiger partial charge on any atom is 0.242 e. The number of aromatic nitrogens is 2. The minimum absolute atomic E-state index is 0.118. The fourth-order valence-electron chi connectivity index (χ4n) is 1.90. The van der Waals surface area contributed by atoms with E-state index >= 15 is 0 Å². The molecule has 0 unspecified atom stereocenters. The molecule has 0 saturated heterocycles. The van der Waals surface area contributed by atoms with Crippen LogP contribution in [0.2, 0.25) is 0 Å². The Morgan fingerprint density at radius 1 is 1.38 bits per heavy atom. The monoisotopic (exact) mass is 373 g/mol. The van der Waals surface area contributed by atoms with Crippen LogP contribution in [0.15, 0.2) is 27.7 Å². The smallest absolute Gasteiger partial charge is 0.242 e. The van der Waals surface area contributed by atoms with E-state index in [1.807, 2.05) is 6.92 Å². The van der Waals surface area contributed by atoms with Crippen molar-refractivity contribution in [3.63, 3.8) is 0 Å². The number of rotatable bonds is 5. The van der Waals surface area contributed by atoms with Crippen LogP contribution in [-0.2, 0) is 23.2 Å². The van der Waals surface area contributed by atoms with E-state index in [4.69, 9.17) is 0 Å². The topological polar surface area (TPSA) is 95.1 Å². The molecule has 1 heterocycles. The molecule has 1 aromatic carbocycles. The summed E-state index contributed by atoms with van der Waals surface area (Å²) >= 11 is 3.29. The lowest BCUT2D eigenvalue weighted by Gasteiger charge is -2.11. The minimum Gasteiger partial charge on any atom is -0.392 e. The maximum absolute atomic E-state index is 12.4. The molecule has 0 aliphatic rings. The highest BCUT2D eigenvalue weighted by molar-refractivity contribution is 9.10. The second kappa shape index (κ2) is 6.27. The summed E-state index contributed by atoms with van der Waals surface area (Å²) in [5.41, 5.74) is 2.90. The summed E-state index contributed by atoms with van der Waals surface area (Å²) in [7, 11) is -3.69. The number of aromatic amines is 1. The second-order valence-electron chi connectivity index (χ2n) is 4.73. The molecular weight excluding hydrogens is 358 g/mol. The molecule has 2 aromatic rings. The molecular formula is C13H16BrN3O3S. The molecule has 6 nitrogen and oxygen atoms in total. The fourth-order valence-corrected chi connectivity index (χ4v) is 3.97. The summed E-state index contributed by atoms with van der Waals surface area (Å²) in [6.45, 7) is 3.54. The Morgan fingerprint density at radius 3 is 2.67 bits per heavy atom. The van der Waals surface area contributed by atoms with Crippen LogP contribution in [0.3, 0.4) is 0 Å². The van der Waals surface area contributed by atoms with Crippen LogP contribution in [0.25, 0.3) is 0 Å². The minimum atomic E-state index is -3.69. The molecule has 2 rings (SSSR count). The molecule has 0 radical (unpaired) electrons. The standard InChI is InChI=1S/C13H16BrN3O3S/c1-8-3-10(7-18)4-12(13(8)14)21(19,20)16-6-11-5-15-17-9(11)2/h3-5,16,18H,6-7H2,1-2H3,(H,15,17). The number of aryl methyl sites for hydroxylation is 2. The molecule has 1 aromatic heterocycles. The van der Waals surface area contributed by atoms with Gasteiger partial charge in [0, 0.05) is 22.3 Å². The molecule has 0 fully saturated rings. The summed E-state index contributed by atoms with van der Waals surface area (Å²) in [6, 6.07) is 3.20. The Morgan fingerprint density at radius 2 is 2.10 bits per heavy atom. The largest absolute Gasteiger partial charge is 0.392 e. The van der Waals surface area contributed by atoms with Gasteiger partial charge in [0.2, 0.25) is 10.0 Å². The summed E-state index contributed by atoms with van der Waals surface area (Å²) in [5, 5.41) is 15.8. The van der Waals surface area contributed by atoms with Crippen LogP contribution in [0.4, 0.5) is 0 Å². The molecule has 0 aliphatic heterocycles. The van der Waals surface area contributed by atoms with Crippen molar-refractivity contribution in [1.29, 1.82) is 0 Å². The lowest BCUT2D eigenvalue weighted by molar-refractivity contribution is 0.281. The average Bonchev–Trinajstić information content (AvgIpc) is 2.84. The first kappa shape index (κ1) is 16.2. The van der Waals surface area contributed by atoms with Crippen molar-refractivity contribution in [2.24, 2.45) is 0 Å². The average molecular weight is 374 g/mol. The van der Waals surface area contributed by atoms with E-state index in [0.717, 1.165) is 16.8 Å². The fraction of sp³-hybridized carbons (Fsp3) is 0.308. The number of nitrogens with one attached hydrogen (secondary N) is 2. The first-order valence-corrected chi connectivity index (χ1v) is 8.51. The van der Waals surface area contributed by atoms with Crippen LogP contribution in [0, 0.1) is 13.8 Å². The molecule has 21 heavy (non-hydrogen) atoms. The highest BCUT2D eigenvalue weighted by Crippen LogP contribution is 2.27. The van der Waals surface area contributed by atoms with E-state index in [9.17, 15) is 13.5 Å². The van der Waals surface area contributed by atoms with Gasteiger partial charge in [0.15, 0.2) is 0 Å². The molecule has 3 N–H and O–H groups in total. The summed E-state index contributed by atoms with van der Waals surface area (Å²) < 4.78 is 27.9. The van der Waals surface area contributed by atoms with E-state index in [-0.39, 0.29) is 18.0 Å². The van der Waals surface area contributed by atoms with Crippen LogP contribution >= 0.6 is 15.9 Å². The van der Waals surface area contributed by atoms with Gasteiger partial charge in [-0.1, -0.05) is 6.07 Å². The second-order valence-corrected chi connectivity index (χ2v) is 7.26. The number of aliphatic hydroxyl groups excluding tert-OH is 1. The Bertz CT molecular complexity index is 756. The zero-order valence-electron chi connectivity index (χ0n) is 11.6. The van der Waals surface area contributed by atoms with Gasteiger partial charge in [0.1, 0.15) is 0 Å². The van der Waals surface area contributed by atoms with Crippen molar-refractivity contribution >= 4 is 26.0 Å². The molecule has 0 spiro atoms. The molecule has 8 heteroatoms. The van der Waals surface area contributed by atoms with Gasteiger partial charge in [-0.05, 0) is 47.0 Å². The third kappa shape index (κ3) is 3.52. The number of sulfonamides is 1. The predicted molar refractivity (Wildman–Crippen MR) is 82.2 cm³/mol. The van der Waals surface area contributed by atoms with Gasteiger partial charge in [0.05, 0.1) is 17.7 Å². The van der Waals surface area contributed by atoms with E-state index < -0.39 is 10.0 Å². The normalized spacial score (nSPS) is 11.8. The van der Waals surface area contributed by atoms with E-state index in [2.05, 4.69) is 30.8 Å². The van der Waals surface area contributed by atoms with Crippen molar-refractivity contribution in [2.75, 3.05) is 0 Å². The molecule has 0 aliphatic carbocycles. The van der Waals surface area contributed by atoms with Crippen molar-refractivity contribution < 1.29 is 13.5 Å². The molecule has 114 valence electrons. The van der Waals surface area contributed by atoms with Crippen molar-refractivity contribution in [3.8, 4) is 0 Å². The third-order valence-electron chi connectivity index (χ3n) is 3.14. The summed E-state index contributed by atoms with van der Waals surface area (Å²) in [4.78, 5) is 0.118. The predicted octanol–water partition coefficient (Wildman–Crippen LogP) is 1.76. The number of halogens is 1. The molecule has 0 amide bonds. The zero-order valence-corrected chi connectivity index (χ0v) is 14.0. The Kier molecular flexibility index (Phi) is 4.82. The lowest BCUT2D eigenvalue weighted by Crippen LogP contribution is -2.24. The number of hydrogen-bond acceptors (Lipinski definition) is 4. The quantitative estimate of drug-likeness (QED) is 0.743. The Labute approximate surface area is 131 Å². The van der Waals surface area contributed by atoms with Crippen LogP contribution in [0.5, 0.6) is 0 Å². The lowest BCUT2D eigenvalue weighted by atomic mass is 10.1. The molecule has 0 saturated carbocycles. The first-order chi connectivity index (χ1) is 9.85. The zero-order chi connectivity index (χ0) is 15.6. The Balaban J connectivity index is 2.31.